The van der Waals surface area contributed by atoms with Crippen LogP contribution in [0.3, 0.4) is 0 Å². The predicted octanol–water partition coefficient (Wildman–Crippen LogP) is 0.180. The zero-order valence-electron chi connectivity index (χ0n) is 8.51. The molecule has 86 valence electrons. The van der Waals surface area contributed by atoms with Crippen LogP contribution in [0.4, 0.5) is 10.1 Å². The van der Waals surface area contributed by atoms with Crippen molar-refractivity contribution in [3.63, 3.8) is 0 Å². The molecule has 0 spiro atoms. The Bertz CT molecular complexity index is 400. The highest BCUT2D eigenvalue weighted by Crippen LogP contribution is 2.22. The first-order chi connectivity index (χ1) is 7.60. The summed E-state index contributed by atoms with van der Waals surface area (Å²) >= 11 is 0. The van der Waals surface area contributed by atoms with Crippen molar-refractivity contribution in [2.45, 2.75) is 12.2 Å². The Hall–Kier alpha value is -1.46. The first kappa shape index (κ1) is 11.0. The summed E-state index contributed by atoms with van der Waals surface area (Å²) < 4.78 is 13.2. The molecular weight excluding hydrogens is 213 g/mol. The third kappa shape index (κ3) is 2.05. The van der Waals surface area contributed by atoms with E-state index in [9.17, 15) is 19.4 Å². The van der Waals surface area contributed by atoms with Crippen LogP contribution in [0.25, 0.3) is 0 Å². The smallest absolute Gasteiger partial charge is 0.150 e. The molecule has 16 heavy (non-hydrogen) atoms. The Labute approximate surface area is 91.9 Å². The van der Waals surface area contributed by atoms with Crippen molar-refractivity contribution in [1.82, 2.24) is 0 Å². The van der Waals surface area contributed by atoms with Gasteiger partial charge in [-0.3, -0.25) is 4.79 Å². The number of nitrogens with zero attached hydrogens (tertiary/aromatic N) is 1. The van der Waals surface area contributed by atoms with Gasteiger partial charge in [0.05, 0.1) is 12.2 Å². The van der Waals surface area contributed by atoms with Crippen LogP contribution < -0.4 is 4.90 Å². The number of carbonyl (C=O) groups is 1. The summed E-state index contributed by atoms with van der Waals surface area (Å²) in [5.74, 6) is -0.504. The Kier molecular flexibility index (Phi) is 2.89. The lowest BCUT2D eigenvalue weighted by atomic mass is 10.2. The van der Waals surface area contributed by atoms with Crippen molar-refractivity contribution in [2.75, 3.05) is 18.0 Å². The highest BCUT2D eigenvalue weighted by Gasteiger charge is 2.29. The van der Waals surface area contributed by atoms with Gasteiger partial charge in [-0.2, -0.15) is 0 Å². The molecule has 1 heterocycles. The Morgan fingerprint density at radius 3 is 2.44 bits per heavy atom. The monoisotopic (exact) mass is 225 g/mol. The second kappa shape index (κ2) is 4.19. The topological polar surface area (TPSA) is 60.8 Å². The maximum absolute atomic E-state index is 13.2. The molecule has 1 fully saturated rings. The number of benzene rings is 1. The molecule has 2 atom stereocenters. The maximum atomic E-state index is 13.2. The molecule has 2 rings (SSSR count). The zero-order chi connectivity index (χ0) is 11.7. The molecule has 2 unspecified atom stereocenters. The van der Waals surface area contributed by atoms with Crippen molar-refractivity contribution in [2.24, 2.45) is 0 Å². The van der Waals surface area contributed by atoms with Gasteiger partial charge in [0.15, 0.2) is 0 Å². The molecule has 0 aliphatic carbocycles. The molecule has 4 nitrogen and oxygen atoms in total. The fourth-order valence-electron chi connectivity index (χ4n) is 1.83. The minimum Gasteiger partial charge on any atom is -0.389 e. The minimum absolute atomic E-state index is 0.239. The van der Waals surface area contributed by atoms with Gasteiger partial charge in [0.2, 0.25) is 0 Å². The number of carbonyl (C=O) groups excluding carboxylic acids is 1. The van der Waals surface area contributed by atoms with E-state index in [1.165, 1.54) is 12.1 Å². The summed E-state index contributed by atoms with van der Waals surface area (Å²) in [5, 5.41) is 18.7. The highest BCUT2D eigenvalue weighted by molar-refractivity contribution is 5.77. The van der Waals surface area contributed by atoms with Crippen molar-refractivity contribution >= 4 is 12.0 Å². The van der Waals surface area contributed by atoms with E-state index in [4.69, 9.17) is 0 Å². The number of halogens is 1. The van der Waals surface area contributed by atoms with Crippen molar-refractivity contribution in [3.8, 4) is 0 Å². The molecule has 1 aliphatic heterocycles. The molecular formula is C11H12FNO3. The molecule has 5 heteroatoms. The van der Waals surface area contributed by atoms with Gasteiger partial charge in [0.1, 0.15) is 12.1 Å². The Balaban J connectivity index is 2.27. The quantitative estimate of drug-likeness (QED) is 0.705. The van der Waals surface area contributed by atoms with Crippen LogP contribution in [-0.2, 0) is 0 Å². The molecule has 1 aromatic rings. The van der Waals surface area contributed by atoms with Crippen molar-refractivity contribution in [3.05, 3.63) is 29.6 Å². The normalized spacial score (nSPS) is 24.8. The molecule has 0 saturated carbocycles. The predicted molar refractivity (Wildman–Crippen MR) is 56.0 cm³/mol. The van der Waals surface area contributed by atoms with E-state index in [1.54, 1.807) is 4.90 Å². The minimum atomic E-state index is -0.831. The summed E-state index contributed by atoms with van der Waals surface area (Å²) in [6.07, 6.45) is -1.10. The summed E-state index contributed by atoms with van der Waals surface area (Å²) in [6.45, 7) is 0.478. The van der Waals surface area contributed by atoms with Gasteiger partial charge in [0.25, 0.3) is 0 Å². The largest absolute Gasteiger partial charge is 0.389 e. The number of β-amino-alcohol motifs (C(OH)–C–C–N with tert-alkyl or cyclic N) is 2. The van der Waals surface area contributed by atoms with Gasteiger partial charge < -0.3 is 15.1 Å². The number of hydrogen-bond acceptors (Lipinski definition) is 4. The van der Waals surface area contributed by atoms with Crippen molar-refractivity contribution in [1.29, 1.82) is 0 Å². The molecule has 0 aromatic heterocycles. The van der Waals surface area contributed by atoms with E-state index >= 15 is 0 Å². The summed E-state index contributed by atoms with van der Waals surface area (Å²) in [5.41, 5.74) is 0.739. The number of hydrogen-bond donors (Lipinski definition) is 2. The third-order valence-electron chi connectivity index (χ3n) is 2.67. The number of anilines is 1. The molecule has 1 aromatic carbocycles. The zero-order valence-corrected chi connectivity index (χ0v) is 8.51. The number of aliphatic hydroxyl groups excluding tert-OH is 2. The van der Waals surface area contributed by atoms with Gasteiger partial charge in [-0.15, -0.1) is 0 Å². The van der Waals surface area contributed by atoms with Gasteiger partial charge in [-0.05, 0) is 18.2 Å². The van der Waals surface area contributed by atoms with E-state index in [2.05, 4.69) is 0 Å². The van der Waals surface area contributed by atoms with Crippen LogP contribution in [0.2, 0.25) is 0 Å². The fraction of sp³-hybridized carbons (Fsp3) is 0.364. The summed E-state index contributed by atoms with van der Waals surface area (Å²) in [4.78, 5) is 12.2. The number of aldehydes is 1. The lowest BCUT2D eigenvalue weighted by Crippen LogP contribution is -2.22. The van der Waals surface area contributed by atoms with Crippen LogP contribution in [0, 0.1) is 5.82 Å². The van der Waals surface area contributed by atoms with Gasteiger partial charge in [-0.25, -0.2) is 4.39 Å². The van der Waals surface area contributed by atoms with Gasteiger partial charge in [-0.1, -0.05) is 0 Å². The van der Waals surface area contributed by atoms with E-state index in [-0.39, 0.29) is 18.7 Å². The van der Waals surface area contributed by atoms with Gasteiger partial charge >= 0.3 is 0 Å². The first-order valence-corrected chi connectivity index (χ1v) is 4.97. The fourth-order valence-corrected chi connectivity index (χ4v) is 1.83. The lowest BCUT2D eigenvalue weighted by molar-refractivity contribution is 0.0572. The van der Waals surface area contributed by atoms with Gasteiger partial charge in [0, 0.05) is 24.3 Å². The number of rotatable bonds is 2. The van der Waals surface area contributed by atoms with E-state index < -0.39 is 18.0 Å². The number of aliphatic hydroxyl groups is 2. The second-order valence-electron chi connectivity index (χ2n) is 3.90. The molecule has 0 amide bonds. The summed E-state index contributed by atoms with van der Waals surface area (Å²) in [7, 11) is 0. The Morgan fingerprint density at radius 1 is 1.25 bits per heavy atom. The van der Waals surface area contributed by atoms with Crippen LogP contribution in [0.15, 0.2) is 18.2 Å². The van der Waals surface area contributed by atoms with E-state index in [1.807, 2.05) is 0 Å². The lowest BCUT2D eigenvalue weighted by Gasteiger charge is -2.17. The molecule has 0 radical (unpaired) electrons. The maximum Gasteiger partial charge on any atom is 0.150 e. The average molecular weight is 225 g/mol. The van der Waals surface area contributed by atoms with E-state index in [0.717, 1.165) is 6.07 Å². The van der Waals surface area contributed by atoms with Crippen LogP contribution in [0.1, 0.15) is 10.4 Å². The third-order valence-corrected chi connectivity index (χ3v) is 2.67. The summed E-state index contributed by atoms with van der Waals surface area (Å²) in [6, 6.07) is 3.94. The highest BCUT2D eigenvalue weighted by atomic mass is 19.1. The SMILES string of the molecule is O=Cc1cc(F)cc(N2CC(O)C(O)C2)c1. The average Bonchev–Trinajstić information content (AvgIpc) is 2.58. The van der Waals surface area contributed by atoms with Crippen LogP contribution in [0.5, 0.6) is 0 Å². The van der Waals surface area contributed by atoms with Crippen LogP contribution in [-0.4, -0.2) is 41.8 Å². The van der Waals surface area contributed by atoms with Crippen molar-refractivity contribution < 1.29 is 19.4 Å². The Morgan fingerprint density at radius 2 is 1.88 bits per heavy atom. The standard InChI is InChI=1S/C11H12FNO3/c12-8-1-7(6-14)2-9(3-8)13-4-10(15)11(16)5-13/h1-3,6,10-11,15-16H,4-5H2. The second-order valence-corrected chi connectivity index (χ2v) is 3.90. The van der Waals surface area contributed by atoms with Crippen LogP contribution >= 0.6 is 0 Å². The molecule has 2 N–H and O–H groups in total. The molecule has 1 saturated heterocycles. The molecule has 1 aliphatic rings. The molecule has 0 bridgehead atoms. The van der Waals surface area contributed by atoms with E-state index in [0.29, 0.717) is 12.0 Å². The first-order valence-electron chi connectivity index (χ1n) is 4.97.